The number of anilines is 1. The first-order valence-electron chi connectivity index (χ1n) is 13.3. The number of methoxy groups -OCH3 is 1. The van der Waals surface area contributed by atoms with Gasteiger partial charge in [0.25, 0.3) is 0 Å². The first kappa shape index (κ1) is 35.2. The van der Waals surface area contributed by atoms with Crippen molar-refractivity contribution in [3.05, 3.63) is 30.6 Å². The van der Waals surface area contributed by atoms with E-state index in [0.717, 1.165) is 4.90 Å². The van der Waals surface area contributed by atoms with Crippen LogP contribution in [0.25, 0.3) is 11.2 Å². The molecule has 0 amide bonds. The standard InChI is InChI=1S/C26H36N5O11PS/c1-15(2)23(32)38-13-40-26(43(34,35)36,41-14-39-24(33)16(3)4)42-17(5)11-31-12-28-20-21(31)29-25(27)30-22(20)44-19-9-7-18(37-6)8-10-19/h7-10,12,15-17H,11,13-14H2,1-6H3,(H2,27,29,30)(H2,34,35,36). The molecule has 3 rings (SSSR count). The Hall–Kier alpha value is -3.31. The van der Waals surface area contributed by atoms with Crippen LogP contribution in [0.15, 0.2) is 40.5 Å². The summed E-state index contributed by atoms with van der Waals surface area (Å²) in [6, 6.07) is 7.29. The van der Waals surface area contributed by atoms with Gasteiger partial charge in [0.1, 0.15) is 16.3 Å². The molecule has 0 aliphatic heterocycles. The van der Waals surface area contributed by atoms with Gasteiger partial charge in [-0.05, 0) is 31.2 Å². The minimum Gasteiger partial charge on any atom is -0.497 e. The summed E-state index contributed by atoms with van der Waals surface area (Å²) in [4.78, 5) is 58.2. The molecule has 0 saturated carbocycles. The van der Waals surface area contributed by atoms with E-state index in [1.165, 1.54) is 29.6 Å². The number of carbonyl (C=O) groups is 2. The molecule has 1 atom stereocenters. The molecule has 0 fully saturated rings. The van der Waals surface area contributed by atoms with E-state index in [0.29, 0.717) is 21.9 Å². The van der Waals surface area contributed by atoms with Crippen molar-refractivity contribution in [3.8, 4) is 5.75 Å². The Bertz CT molecular complexity index is 1450. The molecular weight excluding hydrogens is 621 g/mol. The van der Waals surface area contributed by atoms with E-state index in [2.05, 4.69) is 15.0 Å². The van der Waals surface area contributed by atoms with Crippen molar-refractivity contribution in [2.75, 3.05) is 26.4 Å². The maximum atomic E-state index is 12.7. The summed E-state index contributed by atoms with van der Waals surface area (Å²) in [5.74, 6) is -1.83. The molecule has 16 nitrogen and oxygen atoms in total. The fourth-order valence-electron chi connectivity index (χ4n) is 3.47. The van der Waals surface area contributed by atoms with Crippen molar-refractivity contribution in [2.45, 2.75) is 62.9 Å². The van der Waals surface area contributed by atoms with Crippen LogP contribution in [-0.4, -0.2) is 73.8 Å². The summed E-state index contributed by atoms with van der Waals surface area (Å²) in [6.07, 6.45) is 0.377. The van der Waals surface area contributed by atoms with Gasteiger partial charge in [0.2, 0.25) is 5.95 Å². The summed E-state index contributed by atoms with van der Waals surface area (Å²) >= 11 is 1.30. The number of carbonyl (C=O) groups excluding carboxylic acids is 2. The number of nitrogen functional groups attached to an aromatic ring is 1. The third kappa shape index (κ3) is 9.11. The molecule has 0 aliphatic rings. The van der Waals surface area contributed by atoms with Gasteiger partial charge in [-0.25, -0.2) is 9.97 Å². The molecule has 4 N–H and O–H groups in total. The fraction of sp³-hybridized carbons (Fsp3) is 0.500. The lowest BCUT2D eigenvalue weighted by Crippen LogP contribution is -2.44. The SMILES string of the molecule is COc1ccc(Sc2nc(N)nc3c2ncn3CC(C)OC(OCOC(=O)C(C)C)(OCOC(=O)C(C)C)P(=O)(O)O)cc1. The van der Waals surface area contributed by atoms with Gasteiger partial charge in [0.05, 0.1) is 37.9 Å². The lowest BCUT2D eigenvalue weighted by molar-refractivity contribution is -0.376. The Kier molecular flexibility index (Phi) is 12.1. The predicted molar refractivity (Wildman–Crippen MR) is 156 cm³/mol. The van der Waals surface area contributed by atoms with Crippen LogP contribution in [0.4, 0.5) is 5.95 Å². The largest absolute Gasteiger partial charge is 0.497 e. The first-order chi connectivity index (χ1) is 20.7. The molecule has 2 heterocycles. The lowest BCUT2D eigenvalue weighted by atomic mass is 10.2. The van der Waals surface area contributed by atoms with Gasteiger partial charge in [-0.15, -0.1) is 0 Å². The number of aromatic nitrogens is 4. The van der Waals surface area contributed by atoms with Gasteiger partial charge in [0, 0.05) is 4.90 Å². The van der Waals surface area contributed by atoms with Crippen LogP contribution in [-0.2, 0) is 44.4 Å². The zero-order valence-corrected chi connectivity index (χ0v) is 26.7. The van der Waals surface area contributed by atoms with E-state index in [9.17, 15) is 23.9 Å². The van der Waals surface area contributed by atoms with Crippen molar-refractivity contribution in [2.24, 2.45) is 11.8 Å². The Labute approximate surface area is 257 Å². The molecule has 0 bridgehead atoms. The Morgan fingerprint density at radius 2 is 1.57 bits per heavy atom. The highest BCUT2D eigenvalue weighted by molar-refractivity contribution is 7.99. The van der Waals surface area contributed by atoms with Gasteiger partial charge in [-0.2, -0.15) is 4.98 Å². The molecule has 242 valence electrons. The Morgan fingerprint density at radius 3 is 2.07 bits per heavy atom. The fourth-order valence-corrected chi connectivity index (χ4v) is 5.10. The normalized spacial score (nSPS) is 13.0. The number of imidazole rings is 1. The second kappa shape index (κ2) is 15.1. The topological polar surface area (TPSA) is 217 Å². The summed E-state index contributed by atoms with van der Waals surface area (Å²) in [5.41, 5.74) is 3.62. The molecule has 0 aliphatic carbocycles. The molecule has 3 aromatic rings. The Morgan fingerprint density at radius 1 is 1.00 bits per heavy atom. The van der Waals surface area contributed by atoms with Crippen LogP contribution >= 0.6 is 19.4 Å². The third-order valence-corrected chi connectivity index (χ3v) is 7.77. The molecular formula is C26H36N5O11PS. The van der Waals surface area contributed by atoms with Gasteiger partial charge in [-0.3, -0.25) is 23.6 Å². The summed E-state index contributed by atoms with van der Waals surface area (Å²) < 4.78 is 45.4. The average Bonchev–Trinajstić information content (AvgIpc) is 3.34. The van der Waals surface area contributed by atoms with Crippen LogP contribution in [0.2, 0.25) is 0 Å². The minimum atomic E-state index is -5.46. The highest BCUT2D eigenvalue weighted by atomic mass is 32.2. The van der Waals surface area contributed by atoms with Crippen molar-refractivity contribution < 1.29 is 52.4 Å². The maximum absolute atomic E-state index is 12.7. The minimum absolute atomic E-state index is 0.0287. The monoisotopic (exact) mass is 657 g/mol. The summed E-state index contributed by atoms with van der Waals surface area (Å²) in [7, 11) is -3.89. The zero-order chi connectivity index (χ0) is 32.7. The molecule has 18 heteroatoms. The van der Waals surface area contributed by atoms with Crippen LogP contribution in [0.5, 0.6) is 5.75 Å². The number of hydrogen-bond acceptors (Lipinski definition) is 14. The van der Waals surface area contributed by atoms with Crippen LogP contribution in [0.1, 0.15) is 34.6 Å². The molecule has 44 heavy (non-hydrogen) atoms. The quantitative estimate of drug-likeness (QED) is 0.0872. The molecule has 0 spiro atoms. The number of fused-ring (bicyclic) bond motifs is 1. The van der Waals surface area contributed by atoms with E-state index in [4.69, 9.17) is 34.2 Å². The van der Waals surface area contributed by atoms with Gasteiger partial charge in [0.15, 0.2) is 19.2 Å². The summed E-state index contributed by atoms with van der Waals surface area (Å²) in [5, 5.41) is 0.472. The van der Waals surface area contributed by atoms with E-state index in [1.807, 2.05) is 12.1 Å². The second-order valence-corrected chi connectivity index (χ2v) is 12.7. The highest BCUT2D eigenvalue weighted by Crippen LogP contribution is 2.53. The third-order valence-electron chi connectivity index (χ3n) is 5.71. The van der Waals surface area contributed by atoms with E-state index in [-0.39, 0.29) is 12.5 Å². The average molecular weight is 658 g/mol. The second-order valence-electron chi connectivity index (χ2n) is 9.99. The first-order valence-corrected chi connectivity index (χ1v) is 15.7. The van der Waals surface area contributed by atoms with E-state index in [1.54, 1.807) is 46.9 Å². The number of esters is 2. The molecule has 0 radical (unpaired) electrons. The summed E-state index contributed by atoms with van der Waals surface area (Å²) in [6.45, 7) is 5.77. The molecule has 1 unspecified atom stereocenters. The zero-order valence-electron chi connectivity index (χ0n) is 25.0. The van der Waals surface area contributed by atoms with Crippen molar-refractivity contribution >= 4 is 48.4 Å². The highest BCUT2D eigenvalue weighted by Gasteiger charge is 2.54. The number of benzene rings is 1. The number of nitrogens with two attached hydrogens (primary N) is 1. The van der Waals surface area contributed by atoms with Crippen molar-refractivity contribution in [1.82, 2.24) is 19.5 Å². The van der Waals surface area contributed by atoms with E-state index < -0.39 is 56.8 Å². The van der Waals surface area contributed by atoms with Gasteiger partial charge < -0.3 is 39.0 Å². The van der Waals surface area contributed by atoms with E-state index >= 15 is 0 Å². The molecule has 2 aromatic heterocycles. The number of nitrogens with zero attached hydrogens (tertiary/aromatic N) is 4. The number of rotatable bonds is 16. The number of hydrogen-bond donors (Lipinski definition) is 3. The van der Waals surface area contributed by atoms with Crippen molar-refractivity contribution in [3.63, 3.8) is 0 Å². The van der Waals surface area contributed by atoms with Gasteiger partial charge in [-0.1, -0.05) is 39.5 Å². The van der Waals surface area contributed by atoms with Crippen LogP contribution < -0.4 is 10.5 Å². The maximum Gasteiger partial charge on any atom is 0.415 e. The lowest BCUT2D eigenvalue weighted by Gasteiger charge is -2.34. The Balaban J connectivity index is 1.86. The van der Waals surface area contributed by atoms with Gasteiger partial charge >= 0.3 is 25.2 Å². The van der Waals surface area contributed by atoms with Crippen molar-refractivity contribution in [1.29, 1.82) is 0 Å². The number of ether oxygens (including phenoxy) is 6. The van der Waals surface area contributed by atoms with Crippen LogP contribution in [0, 0.1) is 11.8 Å². The predicted octanol–water partition coefficient (Wildman–Crippen LogP) is 3.11. The molecule has 1 aromatic carbocycles. The molecule has 0 saturated heterocycles. The van der Waals surface area contributed by atoms with Crippen LogP contribution in [0.3, 0.4) is 0 Å². The smallest absolute Gasteiger partial charge is 0.415 e.